The van der Waals surface area contributed by atoms with E-state index in [1.807, 2.05) is 12.1 Å². The van der Waals surface area contributed by atoms with E-state index in [-0.39, 0.29) is 0 Å². The van der Waals surface area contributed by atoms with Crippen molar-refractivity contribution < 1.29 is 0 Å². The van der Waals surface area contributed by atoms with Crippen molar-refractivity contribution in [3.63, 3.8) is 0 Å². The van der Waals surface area contributed by atoms with Crippen LogP contribution in [0.1, 0.15) is 11.1 Å². The Morgan fingerprint density at radius 1 is 1.00 bits per heavy atom. The van der Waals surface area contributed by atoms with Crippen LogP contribution in [0.25, 0.3) is 11.0 Å². The fourth-order valence-corrected chi connectivity index (χ4v) is 1.99. The monoisotopic (exact) mass is 250 g/mol. The van der Waals surface area contributed by atoms with Crippen molar-refractivity contribution in [2.45, 2.75) is 13.8 Å². The van der Waals surface area contributed by atoms with Crippen molar-refractivity contribution in [2.24, 2.45) is 0 Å². The highest BCUT2D eigenvalue weighted by atomic mass is 15.0. The van der Waals surface area contributed by atoms with Gasteiger partial charge in [-0.15, -0.1) is 0 Å². The Balaban J connectivity index is 2.08. The predicted molar refractivity (Wildman–Crippen MR) is 76.5 cm³/mol. The Morgan fingerprint density at radius 3 is 2.79 bits per heavy atom. The van der Waals surface area contributed by atoms with E-state index in [9.17, 15) is 0 Å². The minimum atomic E-state index is 0.699. The zero-order chi connectivity index (χ0) is 13.2. The van der Waals surface area contributed by atoms with E-state index in [0.29, 0.717) is 5.65 Å². The average molecular weight is 250 g/mol. The Hall–Kier alpha value is -2.49. The molecule has 3 rings (SSSR count). The SMILES string of the molecule is Cc1ccc(C)c(Nc2ncnc3ncccc23)c1. The maximum absolute atomic E-state index is 4.31. The molecule has 0 amide bonds. The van der Waals surface area contributed by atoms with Crippen LogP contribution < -0.4 is 5.32 Å². The lowest BCUT2D eigenvalue weighted by Gasteiger charge is -2.11. The molecule has 4 nitrogen and oxygen atoms in total. The van der Waals surface area contributed by atoms with Gasteiger partial charge in [0, 0.05) is 11.9 Å². The van der Waals surface area contributed by atoms with Crippen LogP contribution in [-0.2, 0) is 0 Å². The molecule has 2 heterocycles. The summed E-state index contributed by atoms with van der Waals surface area (Å²) in [6.07, 6.45) is 3.26. The van der Waals surface area contributed by atoms with Crippen LogP contribution in [0.5, 0.6) is 0 Å². The standard InChI is InChI=1S/C15H14N4/c1-10-5-6-11(2)13(8-10)19-15-12-4-3-7-16-14(12)17-9-18-15/h3-9H,1-2H3,(H,16,17,18,19). The number of aryl methyl sites for hydroxylation is 2. The highest BCUT2D eigenvalue weighted by Crippen LogP contribution is 2.24. The molecule has 0 fully saturated rings. The molecule has 94 valence electrons. The molecule has 3 aromatic rings. The summed E-state index contributed by atoms with van der Waals surface area (Å²) in [5.41, 5.74) is 4.15. The summed E-state index contributed by atoms with van der Waals surface area (Å²) in [6, 6.07) is 10.2. The molecule has 0 aliphatic rings. The summed E-state index contributed by atoms with van der Waals surface area (Å²) in [6.45, 7) is 4.15. The highest BCUT2D eigenvalue weighted by molar-refractivity contribution is 5.88. The molecule has 0 bridgehead atoms. The molecular formula is C15H14N4. The van der Waals surface area contributed by atoms with Crippen LogP contribution in [0.4, 0.5) is 11.5 Å². The van der Waals surface area contributed by atoms with Crippen molar-refractivity contribution in [1.29, 1.82) is 0 Å². The summed E-state index contributed by atoms with van der Waals surface area (Å²) < 4.78 is 0. The number of nitrogens with zero attached hydrogens (tertiary/aromatic N) is 3. The van der Waals surface area contributed by atoms with Crippen molar-refractivity contribution >= 4 is 22.5 Å². The van der Waals surface area contributed by atoms with Gasteiger partial charge in [0.2, 0.25) is 0 Å². The van der Waals surface area contributed by atoms with Crippen LogP contribution in [0.15, 0.2) is 42.9 Å². The molecule has 0 spiro atoms. The van der Waals surface area contributed by atoms with Gasteiger partial charge in [-0.25, -0.2) is 15.0 Å². The van der Waals surface area contributed by atoms with Gasteiger partial charge < -0.3 is 5.32 Å². The lowest BCUT2D eigenvalue weighted by atomic mass is 10.1. The van der Waals surface area contributed by atoms with Crippen molar-refractivity contribution in [2.75, 3.05) is 5.32 Å². The van der Waals surface area contributed by atoms with E-state index in [1.165, 1.54) is 17.5 Å². The molecule has 4 heteroatoms. The van der Waals surface area contributed by atoms with Crippen molar-refractivity contribution in [1.82, 2.24) is 15.0 Å². The third-order valence-corrected chi connectivity index (χ3v) is 3.05. The number of rotatable bonds is 2. The van der Waals surface area contributed by atoms with E-state index in [0.717, 1.165) is 16.9 Å². The third kappa shape index (κ3) is 2.25. The Morgan fingerprint density at radius 2 is 1.89 bits per heavy atom. The maximum Gasteiger partial charge on any atom is 0.164 e. The molecule has 0 radical (unpaired) electrons. The first-order chi connectivity index (χ1) is 9.24. The minimum Gasteiger partial charge on any atom is -0.339 e. The number of nitrogens with one attached hydrogen (secondary N) is 1. The fraction of sp³-hybridized carbons (Fsp3) is 0.133. The molecule has 1 N–H and O–H groups in total. The van der Waals surface area contributed by atoms with E-state index in [2.05, 4.69) is 52.3 Å². The van der Waals surface area contributed by atoms with Crippen LogP contribution in [-0.4, -0.2) is 15.0 Å². The average Bonchev–Trinajstić information content (AvgIpc) is 2.43. The van der Waals surface area contributed by atoms with Crippen LogP contribution in [0, 0.1) is 13.8 Å². The minimum absolute atomic E-state index is 0.699. The molecule has 0 aliphatic heterocycles. The summed E-state index contributed by atoms with van der Waals surface area (Å²) in [5.74, 6) is 0.784. The van der Waals surface area contributed by atoms with E-state index in [4.69, 9.17) is 0 Å². The zero-order valence-corrected chi connectivity index (χ0v) is 10.9. The lowest BCUT2D eigenvalue weighted by molar-refractivity contribution is 1.18. The molecule has 2 aromatic heterocycles. The zero-order valence-electron chi connectivity index (χ0n) is 10.9. The van der Waals surface area contributed by atoms with Gasteiger partial charge in [-0.1, -0.05) is 12.1 Å². The van der Waals surface area contributed by atoms with Gasteiger partial charge >= 0.3 is 0 Å². The second-order valence-electron chi connectivity index (χ2n) is 4.54. The van der Waals surface area contributed by atoms with E-state index < -0.39 is 0 Å². The fourth-order valence-electron chi connectivity index (χ4n) is 1.99. The van der Waals surface area contributed by atoms with Crippen molar-refractivity contribution in [3.05, 3.63) is 54.0 Å². The van der Waals surface area contributed by atoms with Gasteiger partial charge in [0.15, 0.2) is 5.65 Å². The van der Waals surface area contributed by atoms with Crippen LogP contribution in [0.3, 0.4) is 0 Å². The number of hydrogen-bond acceptors (Lipinski definition) is 4. The smallest absolute Gasteiger partial charge is 0.164 e. The van der Waals surface area contributed by atoms with Gasteiger partial charge in [-0.05, 0) is 43.2 Å². The maximum atomic E-state index is 4.31. The van der Waals surface area contributed by atoms with E-state index in [1.54, 1.807) is 6.20 Å². The largest absolute Gasteiger partial charge is 0.339 e. The number of anilines is 2. The normalized spacial score (nSPS) is 10.6. The molecular weight excluding hydrogens is 236 g/mol. The second kappa shape index (κ2) is 4.65. The first-order valence-corrected chi connectivity index (χ1v) is 6.14. The summed E-state index contributed by atoms with van der Waals surface area (Å²) in [4.78, 5) is 12.7. The topological polar surface area (TPSA) is 50.7 Å². The van der Waals surface area contributed by atoms with Gasteiger partial charge in [0.05, 0.1) is 5.39 Å². The Kier molecular flexibility index (Phi) is 2.83. The number of hydrogen-bond donors (Lipinski definition) is 1. The van der Waals surface area contributed by atoms with Crippen LogP contribution >= 0.6 is 0 Å². The molecule has 0 saturated heterocycles. The van der Waals surface area contributed by atoms with E-state index >= 15 is 0 Å². The Labute approximate surface area is 111 Å². The van der Waals surface area contributed by atoms with Crippen molar-refractivity contribution in [3.8, 4) is 0 Å². The molecule has 0 aliphatic carbocycles. The molecule has 0 unspecified atom stereocenters. The summed E-state index contributed by atoms with van der Waals surface area (Å²) in [7, 11) is 0. The van der Waals surface area contributed by atoms with Gasteiger partial charge in [0.25, 0.3) is 0 Å². The number of aromatic nitrogens is 3. The number of fused-ring (bicyclic) bond motifs is 1. The third-order valence-electron chi connectivity index (χ3n) is 3.05. The summed E-state index contributed by atoms with van der Waals surface area (Å²) >= 11 is 0. The highest BCUT2D eigenvalue weighted by Gasteiger charge is 2.05. The number of benzene rings is 1. The first-order valence-electron chi connectivity index (χ1n) is 6.14. The second-order valence-corrected chi connectivity index (χ2v) is 4.54. The Bertz CT molecular complexity index is 732. The van der Waals surface area contributed by atoms with Gasteiger partial charge in [-0.2, -0.15) is 0 Å². The van der Waals surface area contributed by atoms with Gasteiger partial charge in [0.1, 0.15) is 12.1 Å². The molecule has 0 atom stereocenters. The molecule has 1 aromatic carbocycles. The molecule has 0 saturated carbocycles. The predicted octanol–water partition coefficient (Wildman–Crippen LogP) is 3.39. The summed E-state index contributed by atoms with van der Waals surface area (Å²) in [5, 5.41) is 4.29. The van der Waals surface area contributed by atoms with Gasteiger partial charge in [-0.3, -0.25) is 0 Å². The number of pyridine rings is 1. The lowest BCUT2D eigenvalue weighted by Crippen LogP contribution is -1.98. The quantitative estimate of drug-likeness (QED) is 0.757. The molecule has 19 heavy (non-hydrogen) atoms. The van der Waals surface area contributed by atoms with Crippen LogP contribution in [0.2, 0.25) is 0 Å². The first kappa shape index (κ1) is 11.6.